The van der Waals surface area contributed by atoms with Gasteiger partial charge in [0.2, 0.25) is 0 Å². The number of ether oxygens (including phenoxy) is 1. The zero-order valence-corrected chi connectivity index (χ0v) is 17.7. The quantitative estimate of drug-likeness (QED) is 0.817. The van der Waals surface area contributed by atoms with Gasteiger partial charge in [0.1, 0.15) is 6.61 Å². The molecule has 0 spiro atoms. The smallest absolute Gasteiger partial charge is 0.407 e. The number of likely N-dealkylation sites (tertiary alicyclic amines) is 1. The van der Waals surface area contributed by atoms with Crippen LogP contribution in [0.15, 0.2) is 30.6 Å². The lowest BCUT2D eigenvalue weighted by atomic mass is 9.95. The van der Waals surface area contributed by atoms with Crippen molar-refractivity contribution in [2.24, 2.45) is 0 Å². The lowest BCUT2D eigenvalue weighted by Crippen LogP contribution is -2.50. The Hall–Kier alpha value is -2.34. The zero-order chi connectivity index (χ0) is 20.3. The van der Waals surface area contributed by atoms with Gasteiger partial charge in [0, 0.05) is 60.6 Å². The van der Waals surface area contributed by atoms with Crippen LogP contribution in [-0.4, -0.2) is 60.8 Å². The molecule has 30 heavy (non-hydrogen) atoms. The van der Waals surface area contributed by atoms with E-state index in [1.165, 1.54) is 47.7 Å². The van der Waals surface area contributed by atoms with Crippen molar-refractivity contribution in [2.75, 3.05) is 37.7 Å². The number of nitrogens with zero attached hydrogens (tertiary/aromatic N) is 3. The summed E-state index contributed by atoms with van der Waals surface area (Å²) in [6.07, 6.45) is 11.8. The Bertz CT molecular complexity index is 891. The highest BCUT2D eigenvalue weighted by atomic mass is 16.5. The fourth-order valence-corrected chi connectivity index (χ4v) is 5.49. The minimum atomic E-state index is -0.247. The first kappa shape index (κ1) is 19.6. The molecular formula is C24H32N4O2. The third-order valence-electron chi connectivity index (χ3n) is 7.01. The SMILES string of the molecule is O=C(NC1CCCC1)OCCN1CCCC(N2CCc3cncc4cccc2c34)C1. The average molecular weight is 409 g/mol. The van der Waals surface area contributed by atoms with E-state index in [4.69, 9.17) is 4.74 Å². The predicted molar refractivity (Wildman–Crippen MR) is 119 cm³/mol. The van der Waals surface area contributed by atoms with Gasteiger partial charge in [0.25, 0.3) is 0 Å². The molecule has 1 saturated carbocycles. The minimum absolute atomic E-state index is 0.247. The first-order chi connectivity index (χ1) is 14.8. The molecule has 1 amide bonds. The van der Waals surface area contributed by atoms with Crippen LogP contribution in [0.2, 0.25) is 0 Å². The number of hydrogen-bond acceptors (Lipinski definition) is 5. The van der Waals surface area contributed by atoms with Gasteiger partial charge >= 0.3 is 6.09 Å². The molecule has 1 aromatic carbocycles. The van der Waals surface area contributed by atoms with Crippen molar-refractivity contribution in [3.63, 3.8) is 0 Å². The summed E-state index contributed by atoms with van der Waals surface area (Å²) in [6, 6.07) is 7.41. The predicted octanol–water partition coefficient (Wildman–Crippen LogP) is 3.73. The van der Waals surface area contributed by atoms with Crippen molar-refractivity contribution in [3.05, 3.63) is 36.2 Å². The number of carbonyl (C=O) groups excluding carboxylic acids is 1. The molecular weight excluding hydrogens is 376 g/mol. The van der Waals surface area contributed by atoms with Crippen LogP contribution in [0.5, 0.6) is 0 Å². The molecule has 3 heterocycles. The molecule has 2 aliphatic heterocycles. The van der Waals surface area contributed by atoms with E-state index in [0.29, 0.717) is 18.7 Å². The van der Waals surface area contributed by atoms with Crippen LogP contribution >= 0.6 is 0 Å². The number of benzene rings is 1. The van der Waals surface area contributed by atoms with Crippen LogP contribution in [0.3, 0.4) is 0 Å². The van der Waals surface area contributed by atoms with Crippen molar-refractivity contribution >= 4 is 22.6 Å². The Kier molecular flexibility index (Phi) is 5.75. The van der Waals surface area contributed by atoms with E-state index in [9.17, 15) is 4.79 Å². The standard InChI is InChI=1S/C24H32N4O2/c29-24(26-20-6-1-2-7-20)30-14-13-27-11-4-8-21(17-27)28-12-10-19-16-25-15-18-5-3-9-22(28)23(18)19/h3,5,9,15-16,20-21H,1-2,4,6-8,10-14,17H2,(H,26,29). The highest BCUT2D eigenvalue weighted by Gasteiger charge is 2.29. The summed E-state index contributed by atoms with van der Waals surface area (Å²) in [4.78, 5) is 21.5. The zero-order valence-electron chi connectivity index (χ0n) is 17.7. The first-order valence-corrected chi connectivity index (χ1v) is 11.6. The largest absolute Gasteiger partial charge is 0.448 e. The van der Waals surface area contributed by atoms with Crippen molar-refractivity contribution in [3.8, 4) is 0 Å². The fraction of sp³-hybridized carbons (Fsp3) is 0.583. The molecule has 1 aromatic heterocycles. The Morgan fingerprint density at radius 1 is 1.13 bits per heavy atom. The second kappa shape index (κ2) is 8.80. The van der Waals surface area contributed by atoms with Gasteiger partial charge in [-0.15, -0.1) is 0 Å². The molecule has 6 heteroatoms. The molecule has 160 valence electrons. The lowest BCUT2D eigenvalue weighted by Gasteiger charge is -2.42. The van der Waals surface area contributed by atoms with E-state index in [1.807, 2.05) is 12.4 Å². The van der Waals surface area contributed by atoms with Crippen LogP contribution in [-0.2, 0) is 11.2 Å². The van der Waals surface area contributed by atoms with E-state index in [1.54, 1.807) is 0 Å². The van der Waals surface area contributed by atoms with Crippen LogP contribution < -0.4 is 10.2 Å². The van der Waals surface area contributed by atoms with Crippen LogP contribution in [0.1, 0.15) is 44.1 Å². The van der Waals surface area contributed by atoms with Crippen LogP contribution in [0, 0.1) is 0 Å². The van der Waals surface area contributed by atoms with Gasteiger partial charge in [0.05, 0.1) is 0 Å². The van der Waals surface area contributed by atoms with Crippen molar-refractivity contribution in [1.82, 2.24) is 15.2 Å². The fourth-order valence-electron chi connectivity index (χ4n) is 5.49. The Labute approximate surface area is 178 Å². The number of pyridine rings is 1. The molecule has 0 radical (unpaired) electrons. The van der Waals surface area contributed by atoms with Crippen molar-refractivity contribution in [1.29, 1.82) is 0 Å². The highest BCUT2D eigenvalue weighted by Crippen LogP contribution is 2.36. The van der Waals surface area contributed by atoms with E-state index >= 15 is 0 Å². The maximum Gasteiger partial charge on any atom is 0.407 e. The van der Waals surface area contributed by atoms with Gasteiger partial charge in [-0.2, -0.15) is 0 Å². The molecule has 0 bridgehead atoms. The van der Waals surface area contributed by atoms with Crippen LogP contribution in [0.25, 0.3) is 10.8 Å². The lowest BCUT2D eigenvalue weighted by molar-refractivity contribution is 0.114. The first-order valence-electron chi connectivity index (χ1n) is 11.6. The number of carbonyl (C=O) groups is 1. The molecule has 1 atom stereocenters. The normalized spacial score (nSPS) is 22.4. The van der Waals surface area contributed by atoms with Gasteiger partial charge in [-0.1, -0.05) is 25.0 Å². The van der Waals surface area contributed by atoms with E-state index in [-0.39, 0.29) is 6.09 Å². The highest BCUT2D eigenvalue weighted by molar-refractivity contribution is 5.97. The molecule has 3 aliphatic rings. The molecule has 1 aliphatic carbocycles. The van der Waals surface area contributed by atoms with E-state index < -0.39 is 0 Å². The maximum atomic E-state index is 12.0. The molecule has 5 rings (SSSR count). The number of aromatic nitrogens is 1. The topological polar surface area (TPSA) is 57.7 Å². The number of alkyl carbamates (subject to hydrolysis) is 1. The summed E-state index contributed by atoms with van der Waals surface area (Å²) in [7, 11) is 0. The number of hydrogen-bond donors (Lipinski definition) is 1. The second-order valence-electron chi connectivity index (χ2n) is 8.98. The molecule has 2 fully saturated rings. The minimum Gasteiger partial charge on any atom is -0.448 e. The summed E-state index contributed by atoms with van der Waals surface area (Å²) in [5.41, 5.74) is 2.73. The van der Waals surface area contributed by atoms with Gasteiger partial charge in [0.15, 0.2) is 0 Å². The van der Waals surface area contributed by atoms with Gasteiger partial charge in [-0.25, -0.2) is 4.79 Å². The molecule has 1 N–H and O–H groups in total. The van der Waals surface area contributed by atoms with Gasteiger partial charge in [-0.3, -0.25) is 9.88 Å². The number of nitrogens with one attached hydrogen (secondary N) is 1. The molecule has 6 nitrogen and oxygen atoms in total. The Balaban J connectivity index is 1.18. The number of rotatable bonds is 5. The summed E-state index contributed by atoms with van der Waals surface area (Å²) >= 11 is 0. The third kappa shape index (κ3) is 4.10. The van der Waals surface area contributed by atoms with Crippen molar-refractivity contribution < 1.29 is 9.53 Å². The van der Waals surface area contributed by atoms with Crippen molar-refractivity contribution in [2.45, 2.75) is 57.0 Å². The third-order valence-corrected chi connectivity index (χ3v) is 7.01. The molecule has 1 saturated heterocycles. The average Bonchev–Trinajstić information content (AvgIpc) is 3.28. The van der Waals surface area contributed by atoms with Gasteiger partial charge < -0.3 is 15.0 Å². The number of anilines is 1. The summed E-state index contributed by atoms with van der Waals surface area (Å²) < 4.78 is 5.47. The monoisotopic (exact) mass is 408 g/mol. The van der Waals surface area contributed by atoms with Gasteiger partial charge in [-0.05, 0) is 50.3 Å². The van der Waals surface area contributed by atoms with E-state index in [0.717, 1.165) is 45.4 Å². The number of piperidine rings is 1. The Morgan fingerprint density at radius 3 is 2.93 bits per heavy atom. The summed E-state index contributed by atoms with van der Waals surface area (Å²) in [5, 5.41) is 5.62. The molecule has 2 aromatic rings. The van der Waals surface area contributed by atoms with E-state index in [2.05, 4.69) is 38.3 Å². The number of amides is 1. The second-order valence-corrected chi connectivity index (χ2v) is 8.98. The summed E-state index contributed by atoms with van der Waals surface area (Å²) in [5.74, 6) is 0. The Morgan fingerprint density at radius 2 is 2.03 bits per heavy atom. The van der Waals surface area contributed by atoms with Crippen LogP contribution in [0.4, 0.5) is 10.5 Å². The summed E-state index contributed by atoms with van der Waals surface area (Å²) in [6.45, 7) is 4.45. The maximum absolute atomic E-state index is 12.0. The molecule has 1 unspecified atom stereocenters.